The molecular weight excluding hydrogens is 281 g/mol. The predicted molar refractivity (Wildman–Crippen MR) is 79.8 cm³/mol. The molecule has 1 aliphatic heterocycles. The lowest BCUT2D eigenvalue weighted by Crippen LogP contribution is -2.44. The highest BCUT2D eigenvalue weighted by Crippen LogP contribution is 2.24. The van der Waals surface area contributed by atoms with E-state index in [0.717, 1.165) is 31.4 Å². The molecule has 1 heterocycles. The van der Waals surface area contributed by atoms with Crippen molar-refractivity contribution < 1.29 is 4.79 Å². The lowest BCUT2D eigenvalue weighted by molar-refractivity contribution is -0.134. The summed E-state index contributed by atoms with van der Waals surface area (Å²) in [5, 5.41) is 1.04. The summed E-state index contributed by atoms with van der Waals surface area (Å²) < 4.78 is 0. The van der Waals surface area contributed by atoms with Gasteiger partial charge in [0.1, 0.15) is 0 Å². The van der Waals surface area contributed by atoms with E-state index in [-0.39, 0.29) is 5.91 Å². The molecule has 1 amide bonds. The molecule has 0 N–H and O–H groups in total. The molecule has 1 atom stereocenters. The molecule has 1 unspecified atom stereocenters. The molecule has 0 radical (unpaired) electrons. The van der Waals surface area contributed by atoms with Gasteiger partial charge in [0.05, 0.1) is 16.5 Å². The van der Waals surface area contributed by atoms with Crippen LogP contribution in [0.1, 0.15) is 38.2 Å². The van der Waals surface area contributed by atoms with Gasteiger partial charge in [-0.1, -0.05) is 36.2 Å². The van der Waals surface area contributed by atoms with E-state index in [1.54, 1.807) is 12.1 Å². The maximum atomic E-state index is 12.4. The van der Waals surface area contributed by atoms with Crippen LogP contribution in [0.25, 0.3) is 0 Å². The van der Waals surface area contributed by atoms with Crippen molar-refractivity contribution in [3.05, 3.63) is 33.8 Å². The first-order valence-electron chi connectivity index (χ1n) is 6.85. The number of piperidine rings is 1. The molecule has 1 saturated heterocycles. The van der Waals surface area contributed by atoms with Gasteiger partial charge in [-0.25, -0.2) is 0 Å². The zero-order chi connectivity index (χ0) is 13.8. The van der Waals surface area contributed by atoms with E-state index < -0.39 is 0 Å². The zero-order valence-electron chi connectivity index (χ0n) is 11.2. The Balaban J connectivity index is 2.05. The number of likely N-dealkylation sites (tertiary alicyclic amines) is 1. The molecule has 2 nitrogen and oxygen atoms in total. The van der Waals surface area contributed by atoms with E-state index in [1.165, 1.54) is 6.42 Å². The monoisotopic (exact) mass is 299 g/mol. The van der Waals surface area contributed by atoms with Crippen molar-refractivity contribution in [3.8, 4) is 0 Å². The molecule has 0 aliphatic carbocycles. The summed E-state index contributed by atoms with van der Waals surface area (Å²) in [5.41, 5.74) is 0.930. The van der Waals surface area contributed by atoms with Gasteiger partial charge in [-0.3, -0.25) is 4.79 Å². The minimum atomic E-state index is 0.199. The quantitative estimate of drug-likeness (QED) is 0.813. The Hall–Kier alpha value is -0.730. The fourth-order valence-corrected chi connectivity index (χ4v) is 3.00. The van der Waals surface area contributed by atoms with Crippen molar-refractivity contribution in [2.45, 2.75) is 45.1 Å². The molecule has 2 rings (SSSR count). The molecule has 0 saturated carbocycles. The SMILES string of the molecule is CCC1CCCCN1C(=O)Cc1ccc(Cl)c(Cl)c1. The summed E-state index contributed by atoms with van der Waals surface area (Å²) >= 11 is 11.9. The Morgan fingerprint density at radius 2 is 2.11 bits per heavy atom. The van der Waals surface area contributed by atoms with E-state index in [2.05, 4.69) is 6.92 Å². The molecule has 1 fully saturated rings. The Labute approximate surface area is 124 Å². The number of rotatable bonds is 3. The molecule has 0 aromatic heterocycles. The van der Waals surface area contributed by atoms with Crippen LogP contribution in [0.2, 0.25) is 10.0 Å². The summed E-state index contributed by atoms with van der Waals surface area (Å²) in [6.45, 7) is 3.04. The molecule has 4 heteroatoms. The van der Waals surface area contributed by atoms with E-state index >= 15 is 0 Å². The molecule has 0 bridgehead atoms. The van der Waals surface area contributed by atoms with Crippen LogP contribution in [0, 0.1) is 0 Å². The molecule has 1 aromatic carbocycles. The number of carbonyl (C=O) groups is 1. The summed E-state index contributed by atoms with van der Waals surface area (Å²) in [6, 6.07) is 5.81. The van der Waals surface area contributed by atoms with Crippen molar-refractivity contribution in [3.63, 3.8) is 0 Å². The fourth-order valence-electron chi connectivity index (χ4n) is 2.68. The normalized spacial score (nSPS) is 19.5. The second kappa shape index (κ2) is 6.62. The number of amides is 1. The van der Waals surface area contributed by atoms with Crippen LogP contribution in [-0.2, 0) is 11.2 Å². The Morgan fingerprint density at radius 3 is 2.79 bits per heavy atom. The summed E-state index contributed by atoms with van der Waals surface area (Å²) in [5.74, 6) is 0.199. The predicted octanol–water partition coefficient (Wildman–Crippen LogP) is 4.33. The zero-order valence-corrected chi connectivity index (χ0v) is 12.7. The van der Waals surface area contributed by atoms with E-state index in [1.807, 2.05) is 11.0 Å². The van der Waals surface area contributed by atoms with Crippen LogP contribution in [0.5, 0.6) is 0 Å². The van der Waals surface area contributed by atoms with E-state index in [4.69, 9.17) is 23.2 Å². The van der Waals surface area contributed by atoms with E-state index in [9.17, 15) is 4.79 Å². The van der Waals surface area contributed by atoms with Gasteiger partial charge >= 0.3 is 0 Å². The fraction of sp³-hybridized carbons (Fsp3) is 0.533. The number of carbonyl (C=O) groups excluding carboxylic acids is 1. The van der Waals surface area contributed by atoms with Gasteiger partial charge in [0, 0.05) is 12.6 Å². The van der Waals surface area contributed by atoms with Crippen molar-refractivity contribution in [2.24, 2.45) is 0 Å². The van der Waals surface area contributed by atoms with Crippen molar-refractivity contribution in [1.82, 2.24) is 4.90 Å². The third kappa shape index (κ3) is 3.64. The van der Waals surface area contributed by atoms with Crippen LogP contribution in [-0.4, -0.2) is 23.4 Å². The molecule has 19 heavy (non-hydrogen) atoms. The van der Waals surface area contributed by atoms with Crippen molar-refractivity contribution >= 4 is 29.1 Å². The van der Waals surface area contributed by atoms with Gasteiger partial charge in [-0.15, -0.1) is 0 Å². The second-order valence-corrected chi connectivity index (χ2v) is 5.88. The summed E-state index contributed by atoms with van der Waals surface area (Å²) in [7, 11) is 0. The van der Waals surface area contributed by atoms with Crippen LogP contribution < -0.4 is 0 Å². The van der Waals surface area contributed by atoms with Gasteiger partial charge < -0.3 is 4.90 Å². The lowest BCUT2D eigenvalue weighted by atomic mass is 9.99. The van der Waals surface area contributed by atoms with Crippen molar-refractivity contribution in [1.29, 1.82) is 0 Å². The third-order valence-electron chi connectivity index (χ3n) is 3.76. The third-order valence-corrected chi connectivity index (χ3v) is 4.50. The van der Waals surface area contributed by atoms with Gasteiger partial charge in [-0.05, 0) is 43.4 Å². The number of hydrogen-bond donors (Lipinski definition) is 0. The topological polar surface area (TPSA) is 20.3 Å². The minimum absolute atomic E-state index is 0.199. The van der Waals surface area contributed by atoms with Gasteiger partial charge in [-0.2, -0.15) is 0 Å². The number of halogens is 2. The molecular formula is C15H19Cl2NO. The Bertz CT molecular complexity index is 461. The highest BCUT2D eigenvalue weighted by Gasteiger charge is 2.25. The largest absolute Gasteiger partial charge is 0.339 e. The average molecular weight is 300 g/mol. The number of benzene rings is 1. The molecule has 0 spiro atoms. The van der Waals surface area contributed by atoms with Crippen LogP contribution in [0.15, 0.2) is 18.2 Å². The average Bonchev–Trinajstić information content (AvgIpc) is 2.43. The highest BCUT2D eigenvalue weighted by molar-refractivity contribution is 6.42. The number of nitrogens with zero attached hydrogens (tertiary/aromatic N) is 1. The standard InChI is InChI=1S/C15H19Cl2NO/c1-2-12-5-3-4-8-18(12)15(19)10-11-6-7-13(16)14(17)9-11/h6-7,9,12H,2-5,8,10H2,1H3. The first-order chi connectivity index (χ1) is 9.11. The first kappa shape index (κ1) is 14.7. The van der Waals surface area contributed by atoms with Gasteiger partial charge in [0.25, 0.3) is 0 Å². The second-order valence-electron chi connectivity index (χ2n) is 5.07. The maximum Gasteiger partial charge on any atom is 0.227 e. The lowest BCUT2D eigenvalue weighted by Gasteiger charge is -2.35. The maximum absolute atomic E-state index is 12.4. The summed E-state index contributed by atoms with van der Waals surface area (Å²) in [4.78, 5) is 14.4. The van der Waals surface area contributed by atoms with Gasteiger partial charge in [0.15, 0.2) is 0 Å². The van der Waals surface area contributed by atoms with Crippen LogP contribution in [0.4, 0.5) is 0 Å². The first-order valence-corrected chi connectivity index (χ1v) is 7.60. The summed E-state index contributed by atoms with van der Waals surface area (Å²) in [6.07, 6.45) is 4.92. The highest BCUT2D eigenvalue weighted by atomic mass is 35.5. The van der Waals surface area contributed by atoms with Crippen molar-refractivity contribution in [2.75, 3.05) is 6.54 Å². The Kier molecular flexibility index (Phi) is 5.12. The van der Waals surface area contributed by atoms with Gasteiger partial charge in [0.2, 0.25) is 5.91 Å². The van der Waals surface area contributed by atoms with E-state index in [0.29, 0.717) is 22.5 Å². The molecule has 1 aromatic rings. The molecule has 104 valence electrons. The van der Waals surface area contributed by atoms with Crippen LogP contribution >= 0.6 is 23.2 Å². The Morgan fingerprint density at radius 1 is 1.32 bits per heavy atom. The molecule has 1 aliphatic rings. The smallest absolute Gasteiger partial charge is 0.227 e. The minimum Gasteiger partial charge on any atom is -0.339 e. The number of hydrogen-bond acceptors (Lipinski definition) is 1. The van der Waals surface area contributed by atoms with Crippen LogP contribution in [0.3, 0.4) is 0 Å².